The molecule has 6 N–H and O–H groups in total. The zero-order valence-electron chi connectivity index (χ0n) is 12.0. The molecule has 22 heavy (non-hydrogen) atoms. The van der Waals surface area contributed by atoms with Crippen LogP contribution in [0.15, 0.2) is 30.5 Å². The number of rotatable bonds is 8. The Kier molecular flexibility index (Phi) is 4.79. The van der Waals surface area contributed by atoms with Crippen LogP contribution in [0.3, 0.4) is 0 Å². The van der Waals surface area contributed by atoms with E-state index in [4.69, 9.17) is 10.8 Å². The van der Waals surface area contributed by atoms with Crippen molar-refractivity contribution in [3.05, 3.63) is 36.0 Å². The maximum Gasteiger partial charge on any atom is 0.339 e. The van der Waals surface area contributed by atoms with Crippen LogP contribution in [-0.2, 0) is 16.0 Å². The first kappa shape index (κ1) is 16.0. The van der Waals surface area contributed by atoms with E-state index in [1.54, 1.807) is 6.20 Å². The van der Waals surface area contributed by atoms with Gasteiger partial charge in [0.25, 0.3) is 0 Å². The van der Waals surface area contributed by atoms with Gasteiger partial charge in [-0.2, -0.15) is 0 Å². The number of nitrogens with one attached hydrogen (secondary N) is 2. The molecule has 7 heteroatoms. The van der Waals surface area contributed by atoms with E-state index >= 15 is 0 Å². The summed E-state index contributed by atoms with van der Waals surface area (Å²) in [4.78, 5) is 25.1. The first-order valence-corrected chi connectivity index (χ1v) is 6.96. The minimum atomic E-state index is -1.64. The molecule has 0 spiro atoms. The highest BCUT2D eigenvalue weighted by molar-refractivity contribution is 5.85. The lowest BCUT2D eigenvalue weighted by molar-refractivity contribution is -0.144. The molecule has 1 atom stereocenters. The van der Waals surface area contributed by atoms with Gasteiger partial charge in [-0.3, -0.25) is 10.1 Å². The van der Waals surface area contributed by atoms with Gasteiger partial charge in [0, 0.05) is 29.9 Å². The van der Waals surface area contributed by atoms with Gasteiger partial charge in [0.05, 0.1) is 0 Å². The van der Waals surface area contributed by atoms with Crippen LogP contribution in [0.2, 0.25) is 0 Å². The van der Waals surface area contributed by atoms with Crippen LogP contribution in [0.4, 0.5) is 0 Å². The molecule has 0 aliphatic rings. The average molecular weight is 305 g/mol. The molecule has 0 saturated heterocycles. The average Bonchev–Trinajstić information content (AvgIpc) is 2.87. The molecule has 1 aromatic carbocycles. The number of fused-ring (bicyclic) bond motifs is 1. The van der Waals surface area contributed by atoms with Gasteiger partial charge in [-0.15, -0.1) is 0 Å². The smallest absolute Gasteiger partial charge is 0.339 e. The van der Waals surface area contributed by atoms with E-state index in [2.05, 4.69) is 10.3 Å². The Morgan fingerprint density at radius 2 is 2.00 bits per heavy atom. The number of aromatic nitrogens is 1. The van der Waals surface area contributed by atoms with Crippen LogP contribution in [0.1, 0.15) is 18.4 Å². The third kappa shape index (κ3) is 3.63. The standard InChI is InChI=1S/C15H19N3O4/c16-15(14(21)22,18-7-3-6-13(19)20)8-10-9-17-12-5-2-1-4-11(10)12/h1-2,4-5,9,17-18H,3,6-8,16H2,(H,19,20)(H,21,22)/t15-/m1/s1. The van der Waals surface area contributed by atoms with Crippen molar-refractivity contribution in [1.29, 1.82) is 0 Å². The molecule has 0 bridgehead atoms. The Morgan fingerprint density at radius 3 is 2.68 bits per heavy atom. The van der Waals surface area contributed by atoms with Gasteiger partial charge in [0.1, 0.15) is 0 Å². The summed E-state index contributed by atoms with van der Waals surface area (Å²) >= 11 is 0. The monoisotopic (exact) mass is 305 g/mol. The van der Waals surface area contributed by atoms with Crippen LogP contribution in [0, 0.1) is 0 Å². The number of aliphatic carboxylic acids is 2. The zero-order chi connectivity index (χ0) is 16.2. The van der Waals surface area contributed by atoms with E-state index in [-0.39, 0.29) is 19.4 Å². The molecular weight excluding hydrogens is 286 g/mol. The second kappa shape index (κ2) is 6.59. The highest BCUT2D eigenvalue weighted by Gasteiger charge is 2.34. The fraction of sp³-hybridized carbons (Fsp3) is 0.333. The summed E-state index contributed by atoms with van der Waals surface area (Å²) in [6.45, 7) is 0.220. The summed E-state index contributed by atoms with van der Waals surface area (Å²) in [5.41, 5.74) is 6.04. The van der Waals surface area contributed by atoms with Gasteiger partial charge < -0.3 is 20.9 Å². The largest absolute Gasteiger partial charge is 0.481 e. The van der Waals surface area contributed by atoms with Gasteiger partial charge in [0.2, 0.25) is 0 Å². The molecule has 1 aromatic heterocycles. The first-order chi connectivity index (χ1) is 10.4. The fourth-order valence-electron chi connectivity index (χ4n) is 2.34. The highest BCUT2D eigenvalue weighted by Crippen LogP contribution is 2.21. The predicted octanol–water partition coefficient (Wildman–Crippen LogP) is 0.904. The van der Waals surface area contributed by atoms with Crippen molar-refractivity contribution >= 4 is 22.8 Å². The number of aromatic amines is 1. The van der Waals surface area contributed by atoms with Crippen LogP contribution in [0.5, 0.6) is 0 Å². The highest BCUT2D eigenvalue weighted by atomic mass is 16.4. The van der Waals surface area contributed by atoms with Crippen molar-refractivity contribution in [2.24, 2.45) is 5.73 Å². The zero-order valence-corrected chi connectivity index (χ0v) is 12.0. The predicted molar refractivity (Wildman–Crippen MR) is 81.4 cm³/mol. The van der Waals surface area contributed by atoms with Gasteiger partial charge >= 0.3 is 11.9 Å². The maximum absolute atomic E-state index is 11.5. The first-order valence-electron chi connectivity index (χ1n) is 6.96. The molecule has 0 radical (unpaired) electrons. The molecule has 7 nitrogen and oxygen atoms in total. The fourth-order valence-corrected chi connectivity index (χ4v) is 2.34. The number of hydrogen-bond acceptors (Lipinski definition) is 4. The second-order valence-electron chi connectivity index (χ2n) is 5.24. The van der Waals surface area contributed by atoms with Crippen LogP contribution >= 0.6 is 0 Å². The molecule has 0 fully saturated rings. The Bertz CT molecular complexity index is 682. The number of H-pyrrole nitrogens is 1. The third-order valence-electron chi connectivity index (χ3n) is 3.53. The number of benzene rings is 1. The summed E-state index contributed by atoms with van der Waals surface area (Å²) < 4.78 is 0. The lowest BCUT2D eigenvalue weighted by atomic mass is 9.99. The van der Waals surface area contributed by atoms with E-state index in [9.17, 15) is 14.7 Å². The molecular formula is C15H19N3O4. The molecule has 0 unspecified atom stereocenters. The van der Waals surface area contributed by atoms with Crippen molar-refractivity contribution in [1.82, 2.24) is 10.3 Å². The lowest BCUT2D eigenvalue weighted by Crippen LogP contribution is -2.61. The molecule has 0 saturated carbocycles. The number of carboxylic acid groups (broad SMARTS) is 2. The van der Waals surface area contributed by atoms with Gasteiger partial charge in [0.15, 0.2) is 5.66 Å². The normalized spacial score (nSPS) is 13.9. The number of hydrogen-bond donors (Lipinski definition) is 5. The van der Waals surface area contributed by atoms with Crippen LogP contribution in [0.25, 0.3) is 10.9 Å². The van der Waals surface area contributed by atoms with Crippen LogP contribution < -0.4 is 11.1 Å². The molecule has 118 valence electrons. The van der Waals surface area contributed by atoms with E-state index in [0.29, 0.717) is 6.42 Å². The Hall–Kier alpha value is -2.38. The summed E-state index contributed by atoms with van der Waals surface area (Å²) in [5.74, 6) is -2.09. The van der Waals surface area contributed by atoms with Crippen molar-refractivity contribution < 1.29 is 19.8 Å². The van der Waals surface area contributed by atoms with Crippen molar-refractivity contribution in [3.63, 3.8) is 0 Å². The number of para-hydroxylation sites is 1. The van der Waals surface area contributed by atoms with Crippen molar-refractivity contribution in [2.45, 2.75) is 24.9 Å². The summed E-state index contributed by atoms with van der Waals surface area (Å²) in [7, 11) is 0. The van der Waals surface area contributed by atoms with Gasteiger partial charge in [-0.05, 0) is 24.6 Å². The SMILES string of the molecule is N[C@](Cc1c[nH]c2ccccc12)(NCCCC(=O)O)C(=O)O. The topological polar surface area (TPSA) is 128 Å². The maximum atomic E-state index is 11.5. The molecule has 1 heterocycles. The lowest BCUT2D eigenvalue weighted by Gasteiger charge is -2.26. The summed E-state index contributed by atoms with van der Waals surface area (Å²) in [5, 5.41) is 21.7. The van der Waals surface area contributed by atoms with Crippen molar-refractivity contribution in [3.8, 4) is 0 Å². The summed E-state index contributed by atoms with van der Waals surface area (Å²) in [6, 6.07) is 7.56. The van der Waals surface area contributed by atoms with E-state index in [1.807, 2.05) is 24.3 Å². The third-order valence-corrected chi connectivity index (χ3v) is 3.53. The molecule has 0 amide bonds. The molecule has 0 aliphatic carbocycles. The second-order valence-corrected chi connectivity index (χ2v) is 5.24. The van der Waals surface area contributed by atoms with E-state index in [1.165, 1.54) is 0 Å². The quantitative estimate of drug-likeness (QED) is 0.364. The van der Waals surface area contributed by atoms with Gasteiger partial charge in [-0.25, -0.2) is 4.79 Å². The molecule has 2 aromatic rings. The number of carboxylic acids is 2. The van der Waals surface area contributed by atoms with E-state index < -0.39 is 17.6 Å². The van der Waals surface area contributed by atoms with Crippen molar-refractivity contribution in [2.75, 3.05) is 6.54 Å². The summed E-state index contributed by atoms with van der Waals surface area (Å²) in [6.07, 6.45) is 2.12. The molecule has 0 aliphatic heterocycles. The number of carbonyl (C=O) groups is 2. The van der Waals surface area contributed by atoms with Gasteiger partial charge in [-0.1, -0.05) is 18.2 Å². The van der Waals surface area contributed by atoms with Crippen LogP contribution in [-0.4, -0.2) is 39.3 Å². The molecule has 2 rings (SSSR count). The minimum absolute atomic E-state index is 0.0320. The Balaban J connectivity index is 2.10. The Morgan fingerprint density at radius 1 is 1.27 bits per heavy atom. The van der Waals surface area contributed by atoms with E-state index in [0.717, 1.165) is 16.5 Å². The Labute approximate surface area is 127 Å². The minimum Gasteiger partial charge on any atom is -0.481 e. The number of nitrogens with two attached hydrogens (primary N) is 1.